The van der Waals surface area contributed by atoms with Crippen LogP contribution in [0.3, 0.4) is 0 Å². The fourth-order valence-corrected chi connectivity index (χ4v) is 1.95. The summed E-state index contributed by atoms with van der Waals surface area (Å²) in [7, 11) is 0. The van der Waals surface area contributed by atoms with E-state index in [1.165, 1.54) is 17.1 Å². The number of hydrogen-bond acceptors (Lipinski definition) is 4. The first-order valence-corrected chi connectivity index (χ1v) is 6.69. The first-order valence-electron chi connectivity index (χ1n) is 6.69. The van der Waals surface area contributed by atoms with Crippen molar-refractivity contribution in [2.24, 2.45) is 0 Å². The minimum Gasteiger partial charge on any atom is -0.494 e. The molecule has 2 N–H and O–H groups in total. The summed E-state index contributed by atoms with van der Waals surface area (Å²) < 4.78 is 5.56. The number of rotatable bonds is 7. The van der Waals surface area contributed by atoms with Crippen LogP contribution in [-0.2, 0) is 9.59 Å². The minimum atomic E-state index is -0.215. The zero-order valence-electron chi connectivity index (χ0n) is 11.2. The second kappa shape index (κ2) is 6.75. The number of ether oxygens (including phenoxy) is 1. The molecule has 0 radical (unpaired) electrons. The molecule has 20 heavy (non-hydrogen) atoms. The quantitative estimate of drug-likeness (QED) is 0.467. The van der Waals surface area contributed by atoms with Crippen LogP contribution in [0.1, 0.15) is 19.3 Å². The molecule has 0 fully saturated rings. The van der Waals surface area contributed by atoms with E-state index in [0.29, 0.717) is 18.8 Å². The fourth-order valence-electron chi connectivity index (χ4n) is 1.95. The Balaban J connectivity index is 1.57. The van der Waals surface area contributed by atoms with Crippen LogP contribution in [0.5, 0.6) is 5.75 Å². The lowest BCUT2D eigenvalue weighted by atomic mass is 10.2. The van der Waals surface area contributed by atoms with Gasteiger partial charge in [0.2, 0.25) is 0 Å². The molecule has 5 heteroatoms. The number of unbranched alkanes of at least 4 members (excludes halogenated alkanes) is 2. The zero-order valence-corrected chi connectivity index (χ0v) is 11.2. The van der Waals surface area contributed by atoms with Crippen molar-refractivity contribution in [3.8, 4) is 5.75 Å². The van der Waals surface area contributed by atoms with Crippen LogP contribution in [0.4, 0.5) is 5.69 Å². The van der Waals surface area contributed by atoms with Crippen LogP contribution < -0.4 is 10.5 Å². The third-order valence-corrected chi connectivity index (χ3v) is 3.08. The molecule has 0 atom stereocenters. The summed E-state index contributed by atoms with van der Waals surface area (Å²) >= 11 is 0. The smallest absolute Gasteiger partial charge is 0.253 e. The number of nitrogen functional groups attached to an aromatic ring is 1. The maximum Gasteiger partial charge on any atom is 0.253 e. The summed E-state index contributed by atoms with van der Waals surface area (Å²) in [6.07, 6.45) is 5.21. The van der Waals surface area contributed by atoms with E-state index in [9.17, 15) is 9.59 Å². The van der Waals surface area contributed by atoms with Gasteiger partial charge in [-0.2, -0.15) is 0 Å². The highest BCUT2D eigenvalue weighted by Crippen LogP contribution is 2.13. The van der Waals surface area contributed by atoms with Gasteiger partial charge in [-0.15, -0.1) is 0 Å². The first-order chi connectivity index (χ1) is 9.66. The van der Waals surface area contributed by atoms with Crippen molar-refractivity contribution in [2.45, 2.75) is 19.3 Å². The Morgan fingerprint density at radius 2 is 1.60 bits per heavy atom. The van der Waals surface area contributed by atoms with Crippen molar-refractivity contribution in [2.75, 3.05) is 18.9 Å². The van der Waals surface area contributed by atoms with Gasteiger partial charge in [0.15, 0.2) is 0 Å². The Kier molecular flexibility index (Phi) is 4.76. The molecule has 1 heterocycles. The monoisotopic (exact) mass is 274 g/mol. The lowest BCUT2D eigenvalue weighted by molar-refractivity contribution is -0.136. The summed E-state index contributed by atoms with van der Waals surface area (Å²) in [5.41, 5.74) is 6.30. The molecule has 1 aliphatic heterocycles. The van der Waals surface area contributed by atoms with Gasteiger partial charge in [-0.1, -0.05) is 0 Å². The normalized spacial score (nSPS) is 14.1. The zero-order chi connectivity index (χ0) is 14.4. The molecule has 2 amide bonds. The average Bonchev–Trinajstić information content (AvgIpc) is 2.76. The molecule has 0 saturated carbocycles. The number of nitrogens with two attached hydrogens (primary N) is 1. The van der Waals surface area contributed by atoms with Crippen molar-refractivity contribution < 1.29 is 14.3 Å². The average molecular weight is 274 g/mol. The van der Waals surface area contributed by atoms with E-state index in [1.807, 2.05) is 12.1 Å². The van der Waals surface area contributed by atoms with Crippen LogP contribution >= 0.6 is 0 Å². The van der Waals surface area contributed by atoms with Crippen LogP contribution in [0.25, 0.3) is 0 Å². The summed E-state index contributed by atoms with van der Waals surface area (Å²) in [5.74, 6) is 0.370. The number of nitrogens with zero attached hydrogens (tertiary/aromatic N) is 1. The molecule has 0 aliphatic carbocycles. The highest BCUT2D eigenvalue weighted by molar-refractivity contribution is 6.12. The predicted molar refractivity (Wildman–Crippen MR) is 76.1 cm³/mol. The third-order valence-electron chi connectivity index (χ3n) is 3.08. The number of imide groups is 1. The van der Waals surface area contributed by atoms with E-state index < -0.39 is 0 Å². The number of hydrogen-bond donors (Lipinski definition) is 1. The van der Waals surface area contributed by atoms with Crippen molar-refractivity contribution in [1.82, 2.24) is 4.90 Å². The summed E-state index contributed by atoms with van der Waals surface area (Å²) in [6, 6.07) is 7.27. The molecule has 0 unspecified atom stereocenters. The summed E-state index contributed by atoms with van der Waals surface area (Å²) in [5, 5.41) is 0. The molecule has 0 saturated heterocycles. The van der Waals surface area contributed by atoms with Gasteiger partial charge in [0.05, 0.1) is 6.61 Å². The SMILES string of the molecule is Nc1ccc(OCCCCCN2C(=O)C=CC2=O)cc1. The fraction of sp³-hybridized carbons (Fsp3) is 0.333. The Morgan fingerprint density at radius 3 is 2.25 bits per heavy atom. The number of benzene rings is 1. The molecule has 5 nitrogen and oxygen atoms in total. The molecular formula is C15H18N2O3. The van der Waals surface area contributed by atoms with Gasteiger partial charge < -0.3 is 10.5 Å². The summed E-state index contributed by atoms with van der Waals surface area (Å²) in [4.78, 5) is 23.9. The van der Waals surface area contributed by atoms with Gasteiger partial charge in [-0.25, -0.2) is 0 Å². The van der Waals surface area contributed by atoms with E-state index >= 15 is 0 Å². The second-order valence-electron chi connectivity index (χ2n) is 4.64. The topological polar surface area (TPSA) is 72.6 Å². The number of carbonyl (C=O) groups is 2. The molecule has 0 bridgehead atoms. The van der Waals surface area contributed by atoms with E-state index in [2.05, 4.69) is 0 Å². The standard InChI is InChI=1S/C15H18N2O3/c16-12-4-6-13(7-5-12)20-11-3-1-2-10-17-14(18)8-9-15(17)19/h4-9H,1-3,10-11,16H2. The Labute approximate surface area is 118 Å². The van der Waals surface area contributed by atoms with Gasteiger partial charge in [-0.3, -0.25) is 14.5 Å². The Morgan fingerprint density at radius 1 is 0.950 bits per heavy atom. The predicted octanol–water partition coefficient (Wildman–Crippen LogP) is 1.74. The van der Waals surface area contributed by atoms with Gasteiger partial charge in [-0.05, 0) is 43.5 Å². The summed E-state index contributed by atoms with van der Waals surface area (Å²) in [6.45, 7) is 1.09. The van der Waals surface area contributed by atoms with E-state index in [-0.39, 0.29) is 11.8 Å². The van der Waals surface area contributed by atoms with Crippen LogP contribution in [0.15, 0.2) is 36.4 Å². The van der Waals surface area contributed by atoms with Crippen molar-refractivity contribution in [3.63, 3.8) is 0 Å². The Hall–Kier alpha value is -2.30. The molecule has 106 valence electrons. The molecule has 0 spiro atoms. The molecule has 1 aromatic rings. The minimum absolute atomic E-state index is 0.215. The van der Waals surface area contributed by atoms with Crippen LogP contribution in [0.2, 0.25) is 0 Å². The maximum absolute atomic E-state index is 11.3. The maximum atomic E-state index is 11.3. The van der Waals surface area contributed by atoms with Gasteiger partial charge in [0.25, 0.3) is 11.8 Å². The number of carbonyl (C=O) groups excluding carboxylic acids is 2. The van der Waals surface area contributed by atoms with Crippen molar-refractivity contribution >= 4 is 17.5 Å². The van der Waals surface area contributed by atoms with Gasteiger partial charge >= 0.3 is 0 Å². The molecular weight excluding hydrogens is 256 g/mol. The Bertz CT molecular complexity index is 490. The molecule has 0 aromatic heterocycles. The lowest BCUT2D eigenvalue weighted by Gasteiger charge is -2.13. The van der Waals surface area contributed by atoms with E-state index in [0.717, 1.165) is 25.0 Å². The molecule has 2 rings (SSSR count). The third kappa shape index (κ3) is 3.85. The highest BCUT2D eigenvalue weighted by Gasteiger charge is 2.21. The second-order valence-corrected chi connectivity index (χ2v) is 4.64. The van der Waals surface area contributed by atoms with Crippen LogP contribution in [-0.4, -0.2) is 29.9 Å². The van der Waals surface area contributed by atoms with Gasteiger partial charge in [0, 0.05) is 24.4 Å². The number of amides is 2. The first kappa shape index (κ1) is 14.1. The lowest BCUT2D eigenvalue weighted by Crippen LogP contribution is -2.30. The highest BCUT2D eigenvalue weighted by atomic mass is 16.5. The van der Waals surface area contributed by atoms with Gasteiger partial charge in [0.1, 0.15) is 5.75 Å². The van der Waals surface area contributed by atoms with E-state index in [1.54, 1.807) is 12.1 Å². The molecule has 1 aliphatic rings. The van der Waals surface area contributed by atoms with Crippen molar-refractivity contribution in [3.05, 3.63) is 36.4 Å². The van der Waals surface area contributed by atoms with Crippen molar-refractivity contribution in [1.29, 1.82) is 0 Å². The number of anilines is 1. The largest absolute Gasteiger partial charge is 0.494 e. The molecule has 1 aromatic carbocycles. The van der Waals surface area contributed by atoms with E-state index in [4.69, 9.17) is 10.5 Å². The van der Waals surface area contributed by atoms with Crippen LogP contribution in [0, 0.1) is 0 Å².